The van der Waals surface area contributed by atoms with Crippen LogP contribution in [0.2, 0.25) is 0 Å². The van der Waals surface area contributed by atoms with E-state index in [1.165, 1.54) is 9.85 Å². The van der Waals surface area contributed by atoms with Gasteiger partial charge in [0.25, 0.3) is 0 Å². The maximum absolute atomic E-state index is 3.32. The quantitative estimate of drug-likeness (QED) is 0.415. The monoisotopic (exact) mass is 144 g/mol. The Bertz CT molecular complexity index is 58.9. The lowest BCUT2D eigenvalue weighted by atomic mass is 9.91. The molecule has 0 aromatic carbocycles. The van der Waals surface area contributed by atoms with E-state index in [9.17, 15) is 0 Å². The molecule has 0 fully saturated rings. The average molecular weight is 145 g/mol. The maximum atomic E-state index is 3.32. The summed E-state index contributed by atoms with van der Waals surface area (Å²) in [6, 6.07) is 0. The van der Waals surface area contributed by atoms with Crippen molar-refractivity contribution < 1.29 is 0 Å². The zero-order valence-corrected chi connectivity index (χ0v) is 5.96. The highest BCUT2D eigenvalue weighted by atomic mass is 79.9. The van der Waals surface area contributed by atoms with Gasteiger partial charge in [0.15, 0.2) is 0 Å². The summed E-state index contributed by atoms with van der Waals surface area (Å²) in [5.74, 6) is 0. The van der Waals surface area contributed by atoms with Gasteiger partial charge in [-0.25, -0.2) is 0 Å². The van der Waals surface area contributed by atoms with Gasteiger partial charge in [0.05, 0.1) is 0 Å². The predicted octanol–water partition coefficient (Wildman–Crippen LogP) is -0.163. The summed E-state index contributed by atoms with van der Waals surface area (Å²) in [5, 5.41) is 0. The van der Waals surface area contributed by atoms with Crippen LogP contribution in [0.1, 0.15) is 6.92 Å². The minimum atomic E-state index is 1.24. The highest BCUT2D eigenvalue weighted by molar-refractivity contribution is 9.12. The fourth-order valence-electron chi connectivity index (χ4n) is 0. The molecule has 0 bridgehead atoms. The first-order chi connectivity index (χ1) is 2.64. The van der Waals surface area contributed by atoms with Gasteiger partial charge in [0.2, 0.25) is 0 Å². The van der Waals surface area contributed by atoms with Gasteiger partial charge >= 0.3 is 0 Å². The molecule has 0 spiro atoms. The van der Waals surface area contributed by atoms with Gasteiger partial charge in [0, 0.05) is 0 Å². The fraction of sp³-hybridized carbons (Fsp3) is 0.333. The lowest BCUT2D eigenvalue weighted by Gasteiger charge is -1.85. The first-order valence-electron chi connectivity index (χ1n) is 1.94. The molecule has 3 heteroatoms. The molecule has 0 amide bonds. The molecule has 32 valence electrons. The molecule has 6 heavy (non-hydrogen) atoms. The van der Waals surface area contributed by atoms with Gasteiger partial charge < -0.3 is 0 Å². The maximum Gasteiger partial charge on any atom is 0.147 e. The SMILES string of the molecule is B/C(C)=C(\B)Br. The average Bonchev–Trinajstić information content (AvgIpc) is 1.36. The summed E-state index contributed by atoms with van der Waals surface area (Å²) >= 11 is 3.32. The van der Waals surface area contributed by atoms with E-state index in [0.717, 1.165) is 0 Å². The van der Waals surface area contributed by atoms with Crippen LogP contribution < -0.4 is 0 Å². The fourth-order valence-corrected chi connectivity index (χ4v) is 0. The Balaban J connectivity index is 3.68. The van der Waals surface area contributed by atoms with E-state index in [1.807, 2.05) is 7.85 Å². The van der Waals surface area contributed by atoms with Crippen LogP contribution >= 0.6 is 15.9 Å². The summed E-state index contributed by atoms with van der Waals surface area (Å²) in [4.78, 5) is 0. The third-order valence-electron chi connectivity index (χ3n) is 0.689. The number of allylic oxidation sites excluding steroid dienone is 1. The second kappa shape index (κ2) is 2.51. The molecule has 0 saturated carbocycles. The standard InChI is InChI=1S/C3H7B2Br/c1-2(4)3(5)6/h4-5H2,1H3/b3-2+. The summed E-state index contributed by atoms with van der Waals surface area (Å²) in [7, 11) is 4.11. The second-order valence-corrected chi connectivity index (χ2v) is 2.72. The van der Waals surface area contributed by atoms with Crippen molar-refractivity contribution in [1.82, 2.24) is 0 Å². The Morgan fingerprint density at radius 3 is 1.67 bits per heavy atom. The summed E-state index contributed by atoms with van der Waals surface area (Å²) in [6.45, 7) is 2.07. The number of halogens is 1. The van der Waals surface area contributed by atoms with Crippen molar-refractivity contribution in [3.8, 4) is 0 Å². The molecular weight excluding hydrogens is 138 g/mol. The van der Waals surface area contributed by atoms with Crippen LogP contribution in [0, 0.1) is 0 Å². The minimum absolute atomic E-state index is 1.24. The molecule has 0 rings (SSSR count). The van der Waals surface area contributed by atoms with E-state index in [0.29, 0.717) is 0 Å². The van der Waals surface area contributed by atoms with Gasteiger partial charge in [-0.1, -0.05) is 27.2 Å². The van der Waals surface area contributed by atoms with Crippen LogP contribution in [0.25, 0.3) is 0 Å². The molecule has 0 aliphatic rings. The van der Waals surface area contributed by atoms with Gasteiger partial charge in [-0.05, 0) is 0 Å². The molecule has 0 aliphatic heterocycles. The number of hydrogen-bond acceptors (Lipinski definition) is 0. The molecule has 0 nitrogen and oxygen atoms in total. The predicted molar refractivity (Wildman–Crippen MR) is 38.7 cm³/mol. The Labute approximate surface area is 49.0 Å². The van der Waals surface area contributed by atoms with E-state index >= 15 is 0 Å². The molecule has 0 aromatic heterocycles. The zero-order valence-electron chi connectivity index (χ0n) is 4.38. The van der Waals surface area contributed by atoms with Gasteiger partial charge in [-0.2, -0.15) is 0 Å². The molecule has 0 saturated heterocycles. The van der Waals surface area contributed by atoms with Crippen LogP contribution in [-0.4, -0.2) is 15.7 Å². The van der Waals surface area contributed by atoms with E-state index in [1.54, 1.807) is 0 Å². The third kappa shape index (κ3) is 2.58. The summed E-state index contributed by atoms with van der Waals surface area (Å²) in [5.41, 5.74) is 1.34. The lowest BCUT2D eigenvalue weighted by Crippen LogP contribution is -1.74. The summed E-state index contributed by atoms with van der Waals surface area (Å²) < 4.78 is 1.24. The molecule has 0 atom stereocenters. The van der Waals surface area contributed by atoms with Crippen LogP contribution in [0.3, 0.4) is 0 Å². The van der Waals surface area contributed by atoms with Gasteiger partial charge in [0.1, 0.15) is 15.7 Å². The van der Waals surface area contributed by atoms with Crippen LogP contribution in [0.5, 0.6) is 0 Å². The van der Waals surface area contributed by atoms with E-state index in [2.05, 4.69) is 30.7 Å². The van der Waals surface area contributed by atoms with E-state index in [-0.39, 0.29) is 0 Å². The number of rotatable bonds is 0. The van der Waals surface area contributed by atoms with Gasteiger partial charge in [-0.15, -0.1) is 5.47 Å². The highest BCUT2D eigenvalue weighted by Crippen LogP contribution is 2.00. The highest BCUT2D eigenvalue weighted by Gasteiger charge is 1.78. The smallest absolute Gasteiger partial charge is 0.113 e. The van der Waals surface area contributed by atoms with Crippen molar-refractivity contribution in [2.75, 3.05) is 0 Å². The third-order valence-corrected chi connectivity index (χ3v) is 1.48. The normalized spacial score (nSPS) is 13.7. The first kappa shape index (κ1) is 6.35. The molecule has 0 unspecified atom stereocenters. The second-order valence-electron chi connectivity index (χ2n) is 1.53. The minimum Gasteiger partial charge on any atom is -0.113 e. The molecular formula is C3H7B2Br. The topological polar surface area (TPSA) is 0 Å². The van der Waals surface area contributed by atoms with E-state index < -0.39 is 0 Å². The van der Waals surface area contributed by atoms with Crippen molar-refractivity contribution in [3.63, 3.8) is 0 Å². The lowest BCUT2D eigenvalue weighted by molar-refractivity contribution is 1.69. The Morgan fingerprint density at radius 2 is 1.67 bits per heavy atom. The molecule has 0 heterocycles. The van der Waals surface area contributed by atoms with Crippen molar-refractivity contribution in [2.45, 2.75) is 6.92 Å². The largest absolute Gasteiger partial charge is 0.147 e. The zero-order chi connectivity index (χ0) is 5.15. The van der Waals surface area contributed by atoms with Crippen LogP contribution in [-0.2, 0) is 0 Å². The molecule has 0 N–H and O–H groups in total. The summed E-state index contributed by atoms with van der Waals surface area (Å²) in [6.07, 6.45) is 0. The molecule has 0 radical (unpaired) electrons. The first-order valence-corrected chi connectivity index (χ1v) is 2.73. The Hall–Kier alpha value is 0.350. The van der Waals surface area contributed by atoms with Crippen molar-refractivity contribution >= 4 is 31.6 Å². The van der Waals surface area contributed by atoms with E-state index in [4.69, 9.17) is 0 Å². The molecule has 0 aliphatic carbocycles. The Morgan fingerprint density at radius 1 is 1.50 bits per heavy atom. The van der Waals surface area contributed by atoms with Crippen molar-refractivity contribution in [3.05, 3.63) is 9.85 Å². The van der Waals surface area contributed by atoms with Gasteiger partial charge in [-0.3, -0.25) is 0 Å². The Kier molecular flexibility index (Phi) is 2.66. The number of hydrogen-bond donors (Lipinski definition) is 0. The van der Waals surface area contributed by atoms with Crippen LogP contribution in [0.15, 0.2) is 9.85 Å². The molecule has 0 aromatic rings. The van der Waals surface area contributed by atoms with Crippen molar-refractivity contribution in [2.24, 2.45) is 0 Å². The van der Waals surface area contributed by atoms with Crippen molar-refractivity contribution in [1.29, 1.82) is 0 Å². The van der Waals surface area contributed by atoms with Crippen LogP contribution in [0.4, 0.5) is 0 Å².